The summed E-state index contributed by atoms with van der Waals surface area (Å²) in [6.45, 7) is 3.55. The zero-order chi connectivity index (χ0) is 23.3. The molecule has 1 saturated carbocycles. The van der Waals surface area contributed by atoms with Crippen molar-refractivity contribution in [1.29, 1.82) is 0 Å². The third-order valence-electron chi connectivity index (χ3n) is 5.72. The molecule has 0 saturated heterocycles. The van der Waals surface area contributed by atoms with Gasteiger partial charge >= 0.3 is 0 Å². The van der Waals surface area contributed by atoms with Crippen molar-refractivity contribution in [3.05, 3.63) is 51.6 Å². The average molecular weight is 469 g/mol. The highest BCUT2D eigenvalue weighted by Gasteiger charge is 2.33. The lowest BCUT2D eigenvalue weighted by Crippen LogP contribution is -2.40. The molecule has 4 N–H and O–H groups in total. The van der Waals surface area contributed by atoms with E-state index in [0.717, 1.165) is 0 Å². The second kappa shape index (κ2) is 8.09. The number of hydrogen-bond acceptors (Lipinski definition) is 10. The number of aliphatic hydroxyl groups excluding tert-OH is 1. The number of aryl methyl sites for hydroxylation is 1. The molecule has 1 aliphatic rings. The molecule has 0 amide bonds. The monoisotopic (exact) mass is 468 g/mol. The molecule has 12 heteroatoms. The topological polar surface area (TPSA) is 158 Å². The number of anilines is 2. The Bertz CT molecular complexity index is 1410. The maximum Gasteiger partial charge on any atom is 0.265 e. The number of halogens is 1. The number of aromatic nitrogens is 6. The fraction of sp³-hybridized carbons (Fsp3) is 0.333. The van der Waals surface area contributed by atoms with Crippen LogP contribution in [-0.2, 0) is 0 Å². The molecule has 5 rings (SSSR count). The Morgan fingerprint density at radius 3 is 2.79 bits per heavy atom. The van der Waals surface area contributed by atoms with Gasteiger partial charge in [-0.05, 0) is 38.8 Å². The highest BCUT2D eigenvalue weighted by molar-refractivity contribution is 6.35. The fourth-order valence-electron chi connectivity index (χ4n) is 4.04. The fourth-order valence-corrected chi connectivity index (χ4v) is 4.29. The number of nitrogens with zero attached hydrogens (tertiary/aromatic N) is 6. The number of hydrogen-bond donors (Lipinski definition) is 3. The van der Waals surface area contributed by atoms with Gasteiger partial charge in [-0.25, -0.2) is 15.0 Å². The molecular formula is C21H21ClN8O3. The lowest BCUT2D eigenvalue weighted by molar-refractivity contribution is 0.0454. The molecule has 0 radical (unpaired) electrons. The van der Waals surface area contributed by atoms with Crippen LogP contribution in [-0.4, -0.2) is 40.9 Å². The standard InChI is InChI=1S/C21H21ClN8O3/c1-9(26-18-16(17(23)24-8-25-18)20-27-10(2)29-33-20)19-28-14-5-3-4-13(22)15(14)21(32)30(19)11-6-12(31)7-11/h3-5,8-9,11-12,31H,6-7H2,1-2H3,(H3,23,24,25,26)/t9-,11?,12?/m0/s1. The largest absolute Gasteiger partial charge is 0.393 e. The first-order valence-corrected chi connectivity index (χ1v) is 10.8. The van der Waals surface area contributed by atoms with Gasteiger partial charge < -0.3 is 20.7 Å². The molecule has 3 aromatic heterocycles. The van der Waals surface area contributed by atoms with Crippen LogP contribution in [0, 0.1) is 6.92 Å². The van der Waals surface area contributed by atoms with Gasteiger partial charge in [0, 0.05) is 6.04 Å². The van der Waals surface area contributed by atoms with Crippen molar-refractivity contribution in [2.75, 3.05) is 11.1 Å². The number of nitrogens with two attached hydrogens (primary N) is 1. The van der Waals surface area contributed by atoms with Gasteiger partial charge in [0.25, 0.3) is 11.4 Å². The van der Waals surface area contributed by atoms with Gasteiger partial charge in [-0.2, -0.15) is 4.98 Å². The van der Waals surface area contributed by atoms with Gasteiger partial charge in [0.2, 0.25) is 0 Å². The molecule has 0 spiro atoms. The summed E-state index contributed by atoms with van der Waals surface area (Å²) >= 11 is 6.33. The van der Waals surface area contributed by atoms with E-state index in [1.807, 2.05) is 6.92 Å². The molecule has 0 bridgehead atoms. The number of benzene rings is 1. The Balaban J connectivity index is 1.61. The lowest BCUT2D eigenvalue weighted by atomic mass is 9.89. The summed E-state index contributed by atoms with van der Waals surface area (Å²) in [4.78, 5) is 30.8. The minimum Gasteiger partial charge on any atom is -0.393 e. The number of fused-ring (bicyclic) bond motifs is 1. The van der Waals surface area contributed by atoms with E-state index >= 15 is 0 Å². The van der Waals surface area contributed by atoms with E-state index in [1.165, 1.54) is 6.33 Å². The Kier molecular flexibility index (Phi) is 5.22. The number of nitrogens with one attached hydrogen (secondary N) is 1. The molecule has 0 unspecified atom stereocenters. The highest BCUT2D eigenvalue weighted by atomic mass is 35.5. The highest BCUT2D eigenvalue weighted by Crippen LogP contribution is 2.36. The zero-order valence-corrected chi connectivity index (χ0v) is 18.6. The minimum atomic E-state index is -0.476. The van der Waals surface area contributed by atoms with Gasteiger partial charge in [0.1, 0.15) is 29.4 Å². The van der Waals surface area contributed by atoms with Gasteiger partial charge in [0.05, 0.1) is 28.1 Å². The molecule has 4 aromatic rings. The van der Waals surface area contributed by atoms with Crippen molar-refractivity contribution in [1.82, 2.24) is 29.7 Å². The van der Waals surface area contributed by atoms with Crippen molar-refractivity contribution in [3.63, 3.8) is 0 Å². The van der Waals surface area contributed by atoms with E-state index in [4.69, 9.17) is 26.8 Å². The van der Waals surface area contributed by atoms with Crippen molar-refractivity contribution in [2.45, 2.75) is 44.9 Å². The van der Waals surface area contributed by atoms with Crippen LogP contribution in [0.4, 0.5) is 11.6 Å². The predicted octanol–water partition coefficient (Wildman–Crippen LogP) is 2.65. The Labute approximate surface area is 192 Å². The third-order valence-corrected chi connectivity index (χ3v) is 6.03. The van der Waals surface area contributed by atoms with E-state index in [-0.39, 0.29) is 23.3 Å². The van der Waals surface area contributed by atoms with E-state index in [1.54, 1.807) is 29.7 Å². The SMILES string of the molecule is Cc1noc(-c2c(N)ncnc2N[C@@H](C)c2nc3cccc(Cl)c3c(=O)n2C2CC(O)C2)n1. The lowest BCUT2D eigenvalue weighted by Gasteiger charge is -2.35. The summed E-state index contributed by atoms with van der Waals surface area (Å²) in [7, 11) is 0. The summed E-state index contributed by atoms with van der Waals surface area (Å²) in [6.07, 6.45) is 1.79. The van der Waals surface area contributed by atoms with Crippen LogP contribution in [0.15, 0.2) is 33.8 Å². The number of rotatable bonds is 5. The molecule has 33 heavy (non-hydrogen) atoms. The van der Waals surface area contributed by atoms with Gasteiger partial charge in [0.15, 0.2) is 5.82 Å². The molecule has 3 heterocycles. The van der Waals surface area contributed by atoms with E-state index in [0.29, 0.717) is 51.8 Å². The van der Waals surface area contributed by atoms with E-state index in [2.05, 4.69) is 25.4 Å². The quantitative estimate of drug-likeness (QED) is 0.397. The molecule has 170 valence electrons. The number of nitrogen functional groups attached to an aromatic ring is 1. The first kappa shape index (κ1) is 21.3. The van der Waals surface area contributed by atoms with Crippen molar-refractivity contribution < 1.29 is 9.63 Å². The summed E-state index contributed by atoms with van der Waals surface area (Å²) < 4.78 is 6.89. The van der Waals surface area contributed by atoms with Crippen molar-refractivity contribution in [2.24, 2.45) is 0 Å². The van der Waals surface area contributed by atoms with Gasteiger partial charge in [-0.3, -0.25) is 9.36 Å². The molecule has 1 atom stereocenters. The van der Waals surface area contributed by atoms with E-state index < -0.39 is 12.1 Å². The smallest absolute Gasteiger partial charge is 0.265 e. The van der Waals surface area contributed by atoms with Crippen LogP contribution in [0.25, 0.3) is 22.4 Å². The summed E-state index contributed by atoms with van der Waals surface area (Å²) in [6, 6.07) is 4.49. The Morgan fingerprint density at radius 2 is 2.09 bits per heavy atom. The molecule has 1 fully saturated rings. The Hall–Kier alpha value is -3.57. The molecule has 1 aliphatic carbocycles. The second-order valence-electron chi connectivity index (χ2n) is 8.05. The summed E-state index contributed by atoms with van der Waals surface area (Å²) in [5.74, 6) is 1.63. The normalized spacial score (nSPS) is 18.8. The van der Waals surface area contributed by atoms with Crippen LogP contribution >= 0.6 is 11.6 Å². The summed E-state index contributed by atoms with van der Waals surface area (Å²) in [5.41, 5.74) is 6.69. The molecule has 1 aromatic carbocycles. The molecule has 0 aliphatic heterocycles. The van der Waals surface area contributed by atoms with Crippen LogP contribution in [0.2, 0.25) is 5.02 Å². The van der Waals surface area contributed by atoms with Gasteiger partial charge in [-0.15, -0.1) is 0 Å². The van der Waals surface area contributed by atoms with Gasteiger partial charge in [-0.1, -0.05) is 22.8 Å². The van der Waals surface area contributed by atoms with Crippen LogP contribution in [0.5, 0.6) is 0 Å². The van der Waals surface area contributed by atoms with Crippen LogP contribution < -0.4 is 16.6 Å². The molecular weight excluding hydrogens is 448 g/mol. The zero-order valence-electron chi connectivity index (χ0n) is 17.9. The van der Waals surface area contributed by atoms with Crippen molar-refractivity contribution >= 4 is 34.1 Å². The predicted molar refractivity (Wildman–Crippen MR) is 122 cm³/mol. The third kappa shape index (κ3) is 3.68. The minimum absolute atomic E-state index is 0.168. The summed E-state index contributed by atoms with van der Waals surface area (Å²) in [5, 5.41) is 17.6. The maximum absolute atomic E-state index is 13.5. The van der Waals surface area contributed by atoms with Crippen LogP contribution in [0.3, 0.4) is 0 Å². The maximum atomic E-state index is 13.5. The first-order chi connectivity index (χ1) is 15.8. The van der Waals surface area contributed by atoms with Crippen molar-refractivity contribution in [3.8, 4) is 11.5 Å². The average Bonchev–Trinajstić information content (AvgIpc) is 3.17. The Morgan fingerprint density at radius 1 is 1.30 bits per heavy atom. The van der Waals surface area contributed by atoms with Crippen LogP contribution in [0.1, 0.15) is 43.5 Å². The molecule has 11 nitrogen and oxygen atoms in total. The van der Waals surface area contributed by atoms with E-state index in [9.17, 15) is 9.90 Å². The second-order valence-corrected chi connectivity index (χ2v) is 8.46. The first-order valence-electron chi connectivity index (χ1n) is 10.4. The number of aliphatic hydroxyl groups is 1.